The lowest BCUT2D eigenvalue weighted by molar-refractivity contribution is -0.120. The van der Waals surface area contributed by atoms with Crippen molar-refractivity contribution in [2.45, 2.75) is 86.4 Å². The van der Waals surface area contributed by atoms with E-state index < -0.39 is 5.92 Å². The number of benzene rings is 3. The second-order valence-electron chi connectivity index (χ2n) is 14.6. The quantitative estimate of drug-likeness (QED) is 0.194. The summed E-state index contributed by atoms with van der Waals surface area (Å²) in [5, 5.41) is 0. The first-order valence-corrected chi connectivity index (χ1v) is 17.9. The highest BCUT2D eigenvalue weighted by atomic mass is 79.9. The van der Waals surface area contributed by atoms with Gasteiger partial charge in [-0.1, -0.05) is 64.1 Å². The van der Waals surface area contributed by atoms with Crippen molar-refractivity contribution in [1.82, 2.24) is 0 Å². The average molecular weight is 730 g/mol. The molecule has 2 aliphatic carbocycles. The normalized spacial score (nSPS) is 18.4. The minimum atomic E-state index is -0.535. The van der Waals surface area contributed by atoms with Crippen molar-refractivity contribution in [3.8, 4) is 23.0 Å². The van der Waals surface area contributed by atoms with Crippen molar-refractivity contribution in [3.63, 3.8) is 0 Å². The predicted octanol–water partition coefficient (Wildman–Crippen LogP) is 9.80. The molecule has 49 heavy (non-hydrogen) atoms. The molecule has 0 aromatic heterocycles. The summed E-state index contributed by atoms with van der Waals surface area (Å²) in [6.07, 6.45) is 2.07. The third-order valence-corrected chi connectivity index (χ3v) is 9.76. The van der Waals surface area contributed by atoms with Crippen LogP contribution in [0.5, 0.6) is 23.0 Å². The van der Waals surface area contributed by atoms with Crippen LogP contribution in [0.25, 0.3) is 0 Å². The van der Waals surface area contributed by atoms with Crippen LogP contribution in [0.4, 0.5) is 0 Å². The molecule has 258 valence electrons. The van der Waals surface area contributed by atoms with E-state index in [9.17, 15) is 9.59 Å². The summed E-state index contributed by atoms with van der Waals surface area (Å²) >= 11 is 3.76. The Hall–Kier alpha value is -4.04. The monoisotopic (exact) mass is 728 g/mol. The summed E-state index contributed by atoms with van der Waals surface area (Å²) in [6, 6.07) is 19.7. The summed E-state index contributed by atoms with van der Waals surface area (Å²) in [5.74, 6) is 3.26. The van der Waals surface area contributed by atoms with Gasteiger partial charge in [-0.2, -0.15) is 0 Å². The Kier molecular flexibility index (Phi) is 9.99. The molecule has 0 atom stereocenters. The standard InChI is InChI=1S/C41H45BrO7/c1-7-45-32-16-26(14-15-31(32)47-23-25-12-10-9-11-13-25)24-48-39-28(42)17-27(18-33(39)46-8-2)36-37-29(43)19-40(3,4)21-34(37)49-35-22-41(5,6)20-30(44)38(35)36/h9-18,36H,7-8,19-24H2,1-6H3. The maximum Gasteiger partial charge on any atom is 0.175 e. The van der Waals surface area contributed by atoms with Crippen LogP contribution in [-0.2, 0) is 27.5 Å². The Balaban J connectivity index is 1.31. The van der Waals surface area contributed by atoms with E-state index in [2.05, 4.69) is 43.6 Å². The molecular weight excluding hydrogens is 684 g/mol. The molecule has 7 nitrogen and oxygen atoms in total. The molecule has 0 bridgehead atoms. The molecule has 0 saturated heterocycles. The Morgan fingerprint density at radius 1 is 0.673 bits per heavy atom. The maximum absolute atomic E-state index is 13.8. The van der Waals surface area contributed by atoms with Gasteiger partial charge in [0.25, 0.3) is 0 Å². The van der Waals surface area contributed by atoms with Crippen molar-refractivity contribution in [2.75, 3.05) is 13.2 Å². The smallest absolute Gasteiger partial charge is 0.175 e. The molecule has 0 N–H and O–H groups in total. The number of hydrogen-bond donors (Lipinski definition) is 0. The Bertz CT molecular complexity index is 1770. The van der Waals surface area contributed by atoms with Gasteiger partial charge in [-0.15, -0.1) is 0 Å². The lowest BCUT2D eigenvalue weighted by Crippen LogP contribution is -2.37. The number of carbonyl (C=O) groups is 2. The molecule has 3 aliphatic rings. The third-order valence-electron chi connectivity index (χ3n) is 9.18. The summed E-state index contributed by atoms with van der Waals surface area (Å²) in [5.41, 5.74) is 3.49. The van der Waals surface area contributed by atoms with E-state index in [0.29, 0.717) is 95.6 Å². The van der Waals surface area contributed by atoms with Crippen molar-refractivity contribution >= 4 is 27.5 Å². The number of Topliss-reactive ketones (excluding diaryl/α,β-unsaturated/α-hetero) is 2. The molecule has 1 aliphatic heterocycles. The molecule has 0 saturated carbocycles. The number of allylic oxidation sites excluding steroid dienone is 4. The molecule has 3 aromatic rings. The molecule has 6 rings (SSSR count). The molecule has 0 radical (unpaired) electrons. The van der Waals surface area contributed by atoms with Crippen LogP contribution in [0.15, 0.2) is 87.8 Å². The zero-order valence-electron chi connectivity index (χ0n) is 29.2. The lowest BCUT2D eigenvalue weighted by atomic mass is 9.65. The van der Waals surface area contributed by atoms with Gasteiger partial charge in [0.1, 0.15) is 24.7 Å². The van der Waals surface area contributed by atoms with Crippen molar-refractivity contribution < 1.29 is 33.3 Å². The van der Waals surface area contributed by atoms with Gasteiger partial charge >= 0.3 is 0 Å². The summed E-state index contributed by atoms with van der Waals surface area (Å²) in [7, 11) is 0. The van der Waals surface area contributed by atoms with Gasteiger partial charge in [0.05, 0.1) is 17.7 Å². The number of hydrogen-bond acceptors (Lipinski definition) is 7. The largest absolute Gasteiger partial charge is 0.490 e. The summed E-state index contributed by atoms with van der Waals surface area (Å²) in [4.78, 5) is 27.6. The SMILES string of the molecule is CCOc1cc(COc2c(Br)cc(C3C4=C(CC(C)(C)CC4=O)OC4=C3C(=O)CC(C)(C)C4)cc2OCC)ccc1OCc1ccccc1. The van der Waals surface area contributed by atoms with Gasteiger partial charge < -0.3 is 23.7 Å². The summed E-state index contributed by atoms with van der Waals surface area (Å²) < 4.78 is 31.7. The van der Waals surface area contributed by atoms with Gasteiger partial charge in [0.2, 0.25) is 0 Å². The van der Waals surface area contributed by atoms with Gasteiger partial charge in [0, 0.05) is 42.7 Å². The van der Waals surface area contributed by atoms with Crippen LogP contribution < -0.4 is 18.9 Å². The Morgan fingerprint density at radius 2 is 1.27 bits per heavy atom. The number of carbonyl (C=O) groups excluding carboxylic acids is 2. The first kappa shape index (κ1) is 34.8. The van der Waals surface area contributed by atoms with E-state index in [1.165, 1.54) is 0 Å². The second-order valence-corrected chi connectivity index (χ2v) is 15.5. The third kappa shape index (κ3) is 7.59. The molecule has 0 amide bonds. The number of ether oxygens (including phenoxy) is 5. The molecule has 0 fully saturated rings. The molecule has 1 heterocycles. The number of halogens is 1. The maximum atomic E-state index is 13.8. The fourth-order valence-electron chi connectivity index (χ4n) is 7.09. The zero-order chi connectivity index (χ0) is 34.9. The number of ketones is 2. The molecular formula is C41H45BrO7. The highest BCUT2D eigenvalue weighted by Crippen LogP contribution is 2.54. The topological polar surface area (TPSA) is 80.3 Å². The van der Waals surface area contributed by atoms with Crippen LogP contribution in [0.3, 0.4) is 0 Å². The molecule has 0 spiro atoms. The van der Waals surface area contributed by atoms with Crippen molar-refractivity contribution in [1.29, 1.82) is 0 Å². The Labute approximate surface area is 297 Å². The van der Waals surface area contributed by atoms with E-state index in [-0.39, 0.29) is 29.0 Å². The highest BCUT2D eigenvalue weighted by Gasteiger charge is 2.48. The molecule has 3 aromatic carbocycles. The zero-order valence-corrected chi connectivity index (χ0v) is 30.8. The first-order valence-electron chi connectivity index (χ1n) is 17.1. The highest BCUT2D eigenvalue weighted by molar-refractivity contribution is 9.10. The van der Waals surface area contributed by atoms with E-state index in [1.54, 1.807) is 0 Å². The fourth-order valence-corrected chi connectivity index (χ4v) is 7.66. The van der Waals surface area contributed by atoms with E-state index in [1.807, 2.05) is 74.5 Å². The average Bonchev–Trinajstić information content (AvgIpc) is 3.02. The molecule has 8 heteroatoms. The van der Waals surface area contributed by atoms with Crippen LogP contribution in [0.1, 0.15) is 89.8 Å². The minimum Gasteiger partial charge on any atom is -0.490 e. The van der Waals surface area contributed by atoms with E-state index >= 15 is 0 Å². The van der Waals surface area contributed by atoms with Crippen molar-refractivity contribution in [3.05, 3.63) is 104 Å². The Morgan fingerprint density at radius 3 is 1.88 bits per heavy atom. The summed E-state index contributed by atoms with van der Waals surface area (Å²) in [6.45, 7) is 13.8. The number of rotatable bonds is 11. The van der Waals surface area contributed by atoms with Crippen LogP contribution in [0.2, 0.25) is 0 Å². The van der Waals surface area contributed by atoms with Gasteiger partial charge in [-0.3, -0.25) is 9.59 Å². The van der Waals surface area contributed by atoms with Crippen LogP contribution in [0, 0.1) is 10.8 Å². The van der Waals surface area contributed by atoms with Gasteiger partial charge in [0.15, 0.2) is 34.6 Å². The van der Waals surface area contributed by atoms with Gasteiger partial charge in [-0.25, -0.2) is 0 Å². The van der Waals surface area contributed by atoms with Gasteiger partial charge in [-0.05, 0) is 81.6 Å². The second kappa shape index (κ2) is 14.1. The molecule has 0 unspecified atom stereocenters. The predicted molar refractivity (Wildman–Crippen MR) is 192 cm³/mol. The van der Waals surface area contributed by atoms with E-state index in [0.717, 1.165) is 16.7 Å². The fraction of sp³-hybridized carbons (Fsp3) is 0.415. The van der Waals surface area contributed by atoms with Crippen LogP contribution >= 0.6 is 15.9 Å². The van der Waals surface area contributed by atoms with Crippen LogP contribution in [-0.4, -0.2) is 24.8 Å². The minimum absolute atomic E-state index is 0.0242. The lowest BCUT2D eigenvalue weighted by Gasteiger charge is -2.42. The van der Waals surface area contributed by atoms with Crippen molar-refractivity contribution in [2.24, 2.45) is 10.8 Å². The van der Waals surface area contributed by atoms with E-state index in [4.69, 9.17) is 23.7 Å². The first-order chi connectivity index (χ1) is 23.4.